The highest BCUT2D eigenvalue weighted by Gasteiger charge is 2.32. The average molecular weight is 488 g/mol. The number of carbonyl (C=O) groups excluding carboxylic acids is 1. The molecule has 1 N–H and O–H groups in total. The molecule has 0 aliphatic carbocycles. The summed E-state index contributed by atoms with van der Waals surface area (Å²) in [7, 11) is 0. The monoisotopic (exact) mass is 486 g/mol. The van der Waals surface area contributed by atoms with Gasteiger partial charge in [0.1, 0.15) is 11.4 Å². The molecule has 0 saturated carbocycles. The summed E-state index contributed by atoms with van der Waals surface area (Å²) in [6.07, 6.45) is 1.80. The Morgan fingerprint density at radius 1 is 1.33 bits per heavy atom. The molecule has 2 aromatic rings. The van der Waals surface area contributed by atoms with E-state index < -0.39 is 0 Å². The van der Waals surface area contributed by atoms with Gasteiger partial charge in [-0.3, -0.25) is 9.69 Å². The van der Waals surface area contributed by atoms with Crippen LogP contribution in [0.1, 0.15) is 11.8 Å². The van der Waals surface area contributed by atoms with Crippen LogP contribution in [0, 0.1) is 0 Å². The molecular weight excluding hydrogens is 476 g/mol. The number of benzene rings is 1. The van der Waals surface area contributed by atoms with Crippen LogP contribution in [0.3, 0.4) is 0 Å². The number of rotatable bonds is 4. The number of ether oxygens (including phenoxy) is 1. The summed E-state index contributed by atoms with van der Waals surface area (Å²) in [6, 6.07) is 9.23. The van der Waals surface area contributed by atoms with Crippen LogP contribution < -0.4 is 15.0 Å². The maximum Gasteiger partial charge on any atom is 0.281 e. The van der Waals surface area contributed by atoms with E-state index in [4.69, 9.17) is 17.0 Å². The zero-order valence-corrected chi connectivity index (χ0v) is 17.3. The Hall–Kier alpha value is -1.22. The fourth-order valence-corrected chi connectivity index (χ4v) is 4.54. The molecular formula is C16H12Br2N2O2S2. The standard InChI is InChI=1S/C16H12Br2N2O2S2/c1-2-22-10-5-3-9(4-6-10)20-15(21)13(19-16(20)23)8-11-7-12(17)14(18)24-11/h3-8H,2H2,1H3,(H,19,23)/b13-8+. The van der Waals surface area contributed by atoms with E-state index >= 15 is 0 Å². The van der Waals surface area contributed by atoms with Crippen LogP contribution in [0.2, 0.25) is 0 Å². The number of hydrogen-bond donors (Lipinski definition) is 1. The smallest absolute Gasteiger partial charge is 0.281 e. The number of nitrogens with one attached hydrogen (secondary N) is 1. The second-order valence-electron chi connectivity index (χ2n) is 4.83. The van der Waals surface area contributed by atoms with Gasteiger partial charge in [0.25, 0.3) is 5.91 Å². The summed E-state index contributed by atoms with van der Waals surface area (Å²) in [4.78, 5) is 15.1. The topological polar surface area (TPSA) is 41.6 Å². The first kappa shape index (κ1) is 17.6. The highest BCUT2D eigenvalue weighted by molar-refractivity contribution is 9.13. The Morgan fingerprint density at radius 3 is 2.62 bits per heavy atom. The van der Waals surface area contributed by atoms with E-state index in [0.29, 0.717) is 23.1 Å². The van der Waals surface area contributed by atoms with Gasteiger partial charge in [-0.1, -0.05) is 0 Å². The Kier molecular flexibility index (Phi) is 5.39. The predicted octanol–water partition coefficient (Wildman–Crippen LogP) is 4.93. The molecule has 0 atom stereocenters. The number of halogens is 2. The summed E-state index contributed by atoms with van der Waals surface area (Å²) in [6.45, 7) is 2.52. The van der Waals surface area contributed by atoms with Crippen LogP contribution >= 0.6 is 55.4 Å². The summed E-state index contributed by atoms with van der Waals surface area (Å²) >= 11 is 13.7. The molecule has 4 nitrogen and oxygen atoms in total. The van der Waals surface area contributed by atoms with E-state index in [9.17, 15) is 4.79 Å². The van der Waals surface area contributed by atoms with Crippen molar-refractivity contribution in [2.75, 3.05) is 11.5 Å². The highest BCUT2D eigenvalue weighted by Crippen LogP contribution is 2.34. The van der Waals surface area contributed by atoms with Crippen molar-refractivity contribution in [2.45, 2.75) is 6.92 Å². The minimum atomic E-state index is -0.176. The van der Waals surface area contributed by atoms with E-state index in [0.717, 1.165) is 18.9 Å². The molecule has 0 unspecified atom stereocenters. The average Bonchev–Trinajstić information content (AvgIpc) is 3.00. The maximum atomic E-state index is 12.7. The largest absolute Gasteiger partial charge is 0.494 e. The molecule has 0 bridgehead atoms. The van der Waals surface area contributed by atoms with Gasteiger partial charge in [0.05, 0.1) is 16.1 Å². The molecule has 0 radical (unpaired) electrons. The van der Waals surface area contributed by atoms with Crippen molar-refractivity contribution in [3.8, 4) is 5.75 Å². The third-order valence-corrected chi connectivity index (χ3v) is 6.72. The third kappa shape index (κ3) is 3.56. The second-order valence-corrected chi connectivity index (χ2v) is 8.47. The molecule has 24 heavy (non-hydrogen) atoms. The fraction of sp³-hybridized carbons (Fsp3) is 0.125. The van der Waals surface area contributed by atoms with Crippen LogP contribution in [-0.2, 0) is 4.79 Å². The lowest BCUT2D eigenvalue weighted by Crippen LogP contribution is -2.30. The lowest BCUT2D eigenvalue weighted by atomic mass is 10.2. The van der Waals surface area contributed by atoms with Gasteiger partial charge in [-0.25, -0.2) is 0 Å². The molecule has 1 aromatic heterocycles. The van der Waals surface area contributed by atoms with E-state index in [1.165, 1.54) is 16.2 Å². The highest BCUT2D eigenvalue weighted by atomic mass is 79.9. The van der Waals surface area contributed by atoms with Crippen molar-refractivity contribution < 1.29 is 9.53 Å². The summed E-state index contributed by atoms with van der Waals surface area (Å²) in [5, 5.41) is 3.35. The number of hydrogen-bond acceptors (Lipinski definition) is 4. The lowest BCUT2D eigenvalue weighted by molar-refractivity contribution is -0.113. The first-order valence-electron chi connectivity index (χ1n) is 7.04. The Morgan fingerprint density at radius 2 is 2.04 bits per heavy atom. The molecule has 1 saturated heterocycles. The number of thiocarbonyl (C=S) groups is 1. The summed E-state index contributed by atoms with van der Waals surface area (Å²) in [5.41, 5.74) is 1.16. The van der Waals surface area contributed by atoms with Crippen molar-refractivity contribution in [3.05, 3.63) is 49.2 Å². The van der Waals surface area contributed by atoms with Crippen molar-refractivity contribution >= 4 is 78.2 Å². The van der Waals surface area contributed by atoms with Crippen LogP contribution in [0.25, 0.3) is 6.08 Å². The molecule has 1 fully saturated rings. The van der Waals surface area contributed by atoms with E-state index in [1.54, 1.807) is 6.08 Å². The number of carbonyl (C=O) groups is 1. The fourth-order valence-electron chi connectivity index (χ4n) is 2.20. The second kappa shape index (κ2) is 7.35. The zero-order valence-electron chi connectivity index (χ0n) is 12.5. The van der Waals surface area contributed by atoms with Gasteiger partial charge in [-0.15, -0.1) is 11.3 Å². The van der Waals surface area contributed by atoms with Crippen LogP contribution in [-0.4, -0.2) is 17.6 Å². The summed E-state index contributed by atoms with van der Waals surface area (Å²) in [5.74, 6) is 0.584. The molecule has 1 amide bonds. The van der Waals surface area contributed by atoms with Crippen molar-refractivity contribution in [1.82, 2.24) is 5.32 Å². The van der Waals surface area contributed by atoms with Crippen molar-refractivity contribution in [2.24, 2.45) is 0 Å². The first-order valence-corrected chi connectivity index (χ1v) is 9.85. The van der Waals surface area contributed by atoms with Gasteiger partial charge in [-0.05, 0) is 87.4 Å². The van der Waals surface area contributed by atoms with Gasteiger partial charge < -0.3 is 10.1 Å². The molecule has 1 aliphatic rings. The molecule has 2 heterocycles. The zero-order chi connectivity index (χ0) is 17.3. The Balaban J connectivity index is 1.86. The summed E-state index contributed by atoms with van der Waals surface area (Å²) < 4.78 is 7.35. The van der Waals surface area contributed by atoms with Crippen LogP contribution in [0.4, 0.5) is 5.69 Å². The number of nitrogens with zero attached hydrogens (tertiary/aromatic N) is 1. The molecule has 1 aromatic carbocycles. The number of amides is 1. The Labute approximate surface area is 165 Å². The molecule has 8 heteroatoms. The van der Waals surface area contributed by atoms with Gasteiger partial charge >= 0.3 is 0 Å². The van der Waals surface area contributed by atoms with Crippen molar-refractivity contribution in [1.29, 1.82) is 0 Å². The van der Waals surface area contributed by atoms with E-state index in [-0.39, 0.29) is 5.91 Å². The van der Waals surface area contributed by atoms with Gasteiger partial charge in [0, 0.05) is 9.35 Å². The van der Waals surface area contributed by atoms with Crippen LogP contribution in [0.15, 0.2) is 44.3 Å². The minimum Gasteiger partial charge on any atom is -0.494 e. The van der Waals surface area contributed by atoms with Crippen LogP contribution in [0.5, 0.6) is 5.75 Å². The molecule has 3 rings (SSSR count). The molecule has 124 valence electrons. The minimum absolute atomic E-state index is 0.176. The third-order valence-electron chi connectivity index (χ3n) is 3.23. The van der Waals surface area contributed by atoms with E-state index in [1.807, 2.05) is 37.3 Å². The maximum absolute atomic E-state index is 12.7. The SMILES string of the molecule is CCOc1ccc(N2C(=O)/C(=C\c3cc(Br)c(Br)s3)NC2=S)cc1. The van der Waals surface area contributed by atoms with Crippen molar-refractivity contribution in [3.63, 3.8) is 0 Å². The number of anilines is 1. The molecule has 0 spiro atoms. The predicted molar refractivity (Wildman–Crippen MR) is 109 cm³/mol. The lowest BCUT2D eigenvalue weighted by Gasteiger charge is -2.14. The number of thiophene rings is 1. The Bertz CT molecular complexity index is 812. The van der Waals surface area contributed by atoms with Gasteiger partial charge in [-0.2, -0.15) is 0 Å². The van der Waals surface area contributed by atoms with Gasteiger partial charge in [0.2, 0.25) is 0 Å². The first-order chi connectivity index (χ1) is 11.5. The molecule has 1 aliphatic heterocycles. The van der Waals surface area contributed by atoms with Gasteiger partial charge in [0.15, 0.2) is 5.11 Å². The van der Waals surface area contributed by atoms with E-state index in [2.05, 4.69) is 37.2 Å². The quantitative estimate of drug-likeness (QED) is 0.490. The normalized spacial score (nSPS) is 16.0.